The number of rotatable bonds is 8. The zero-order chi connectivity index (χ0) is 20.3. The molecule has 0 saturated carbocycles. The molecule has 0 aliphatic rings. The fourth-order valence-electron chi connectivity index (χ4n) is 2.08. The van der Waals surface area contributed by atoms with Crippen LogP contribution >= 0.6 is 27.3 Å². The SMILES string of the molecule is CC(C)(C)OC(=O)C(C)(CCNCc1cc(Br)sc1C(=O)O)S(C)(=O)=O. The fourth-order valence-corrected chi connectivity index (χ4v) is 4.41. The number of hydrogen-bond donors (Lipinski definition) is 2. The lowest BCUT2D eigenvalue weighted by molar-refractivity contribution is -0.157. The van der Waals surface area contributed by atoms with Crippen LogP contribution in [0.3, 0.4) is 0 Å². The number of aromatic carboxylic acids is 1. The van der Waals surface area contributed by atoms with Crippen molar-refractivity contribution >= 4 is 49.0 Å². The van der Waals surface area contributed by atoms with E-state index in [4.69, 9.17) is 4.74 Å². The minimum Gasteiger partial charge on any atom is -0.477 e. The third-order valence-corrected chi connectivity index (χ3v) is 7.39. The summed E-state index contributed by atoms with van der Waals surface area (Å²) in [6.45, 7) is 6.82. The molecule has 148 valence electrons. The molecule has 2 N–H and O–H groups in total. The van der Waals surface area contributed by atoms with Crippen molar-refractivity contribution in [2.24, 2.45) is 0 Å². The number of carbonyl (C=O) groups is 2. The molecule has 0 amide bonds. The highest BCUT2D eigenvalue weighted by Gasteiger charge is 2.45. The lowest BCUT2D eigenvalue weighted by Crippen LogP contribution is -2.48. The van der Waals surface area contributed by atoms with E-state index < -0.39 is 32.1 Å². The normalized spacial score (nSPS) is 14.7. The summed E-state index contributed by atoms with van der Waals surface area (Å²) >= 11 is 4.36. The lowest BCUT2D eigenvalue weighted by Gasteiger charge is -2.30. The minimum absolute atomic E-state index is 0.00839. The van der Waals surface area contributed by atoms with Crippen LogP contribution in [-0.4, -0.2) is 48.6 Å². The van der Waals surface area contributed by atoms with E-state index in [9.17, 15) is 23.1 Å². The first-order valence-corrected chi connectivity index (χ1v) is 11.3. The largest absolute Gasteiger partial charge is 0.477 e. The number of sulfone groups is 1. The topological polar surface area (TPSA) is 110 Å². The second-order valence-corrected chi connectivity index (χ2v) is 12.0. The predicted octanol–water partition coefficient (Wildman–Crippen LogP) is 2.83. The van der Waals surface area contributed by atoms with Crippen LogP contribution < -0.4 is 5.32 Å². The highest BCUT2D eigenvalue weighted by molar-refractivity contribution is 9.11. The van der Waals surface area contributed by atoms with Gasteiger partial charge in [-0.1, -0.05) is 0 Å². The van der Waals surface area contributed by atoms with Gasteiger partial charge < -0.3 is 15.2 Å². The van der Waals surface area contributed by atoms with E-state index in [1.807, 2.05) is 0 Å². The van der Waals surface area contributed by atoms with Gasteiger partial charge in [-0.25, -0.2) is 13.2 Å². The third kappa shape index (κ3) is 6.04. The number of ether oxygens (including phenoxy) is 1. The van der Waals surface area contributed by atoms with Gasteiger partial charge in [-0.2, -0.15) is 0 Å². The Kier molecular flexibility index (Phi) is 7.42. The number of esters is 1. The number of carboxylic acids is 1. The quantitative estimate of drug-likeness (QED) is 0.444. The van der Waals surface area contributed by atoms with Gasteiger partial charge in [0.05, 0.1) is 3.79 Å². The number of halogens is 1. The van der Waals surface area contributed by atoms with E-state index in [1.54, 1.807) is 26.8 Å². The molecular formula is C16H24BrNO6S2. The Hall–Kier alpha value is -0.970. The first-order valence-electron chi connectivity index (χ1n) is 7.82. The predicted molar refractivity (Wildman–Crippen MR) is 104 cm³/mol. The third-order valence-electron chi connectivity index (χ3n) is 3.72. The first-order chi connectivity index (χ1) is 11.7. The van der Waals surface area contributed by atoms with Crippen molar-refractivity contribution in [2.75, 3.05) is 12.8 Å². The fraction of sp³-hybridized carbons (Fsp3) is 0.625. The van der Waals surface area contributed by atoms with Crippen molar-refractivity contribution in [1.82, 2.24) is 5.32 Å². The molecule has 0 aliphatic heterocycles. The molecule has 1 aromatic heterocycles. The van der Waals surface area contributed by atoms with Crippen LogP contribution in [0.5, 0.6) is 0 Å². The number of hydrogen-bond acceptors (Lipinski definition) is 7. The van der Waals surface area contributed by atoms with Crippen molar-refractivity contribution in [3.05, 3.63) is 20.3 Å². The Morgan fingerprint density at radius 1 is 1.31 bits per heavy atom. The molecule has 10 heteroatoms. The molecule has 0 aromatic carbocycles. The Bertz CT molecular complexity index is 781. The van der Waals surface area contributed by atoms with E-state index in [0.29, 0.717) is 9.35 Å². The van der Waals surface area contributed by atoms with Crippen LogP contribution in [0.25, 0.3) is 0 Å². The highest BCUT2D eigenvalue weighted by atomic mass is 79.9. The molecule has 0 bridgehead atoms. The number of carbonyl (C=O) groups excluding carboxylic acids is 1. The smallest absolute Gasteiger partial charge is 0.346 e. The molecular weight excluding hydrogens is 446 g/mol. The van der Waals surface area contributed by atoms with Gasteiger partial charge in [0.1, 0.15) is 10.5 Å². The van der Waals surface area contributed by atoms with Gasteiger partial charge in [0, 0.05) is 12.8 Å². The average Bonchev–Trinajstić information content (AvgIpc) is 2.81. The van der Waals surface area contributed by atoms with E-state index >= 15 is 0 Å². The van der Waals surface area contributed by atoms with Crippen molar-refractivity contribution in [1.29, 1.82) is 0 Å². The van der Waals surface area contributed by atoms with Crippen LogP contribution in [0.2, 0.25) is 0 Å². The maximum Gasteiger partial charge on any atom is 0.346 e. The Morgan fingerprint density at radius 3 is 2.35 bits per heavy atom. The number of nitrogens with one attached hydrogen (secondary N) is 1. The molecule has 1 rings (SSSR count). The number of thiophene rings is 1. The Morgan fingerprint density at radius 2 is 1.88 bits per heavy atom. The molecule has 0 saturated heterocycles. The summed E-state index contributed by atoms with van der Waals surface area (Å²) in [5.74, 6) is -1.81. The zero-order valence-electron chi connectivity index (χ0n) is 15.4. The second-order valence-electron chi connectivity index (χ2n) is 7.14. The lowest BCUT2D eigenvalue weighted by atomic mass is 10.1. The summed E-state index contributed by atoms with van der Waals surface area (Å²) in [5.41, 5.74) is -0.205. The standard InChI is InChI=1S/C16H24BrNO6S2/c1-15(2,3)24-14(21)16(4,26(5,22)23)6-7-18-9-10-8-11(17)25-12(10)13(19)20/h8,18H,6-7,9H2,1-5H3,(H,19,20). The van der Waals surface area contributed by atoms with Crippen LogP contribution in [-0.2, 0) is 25.9 Å². The van der Waals surface area contributed by atoms with Crippen LogP contribution in [0.1, 0.15) is 49.4 Å². The Balaban J connectivity index is 2.81. The monoisotopic (exact) mass is 469 g/mol. The van der Waals surface area contributed by atoms with E-state index in [2.05, 4.69) is 21.2 Å². The molecule has 1 atom stereocenters. The van der Waals surface area contributed by atoms with Crippen molar-refractivity contribution in [2.45, 2.75) is 51.0 Å². The molecule has 1 aromatic rings. The maximum absolute atomic E-state index is 12.4. The summed E-state index contributed by atoms with van der Waals surface area (Å²) in [6.07, 6.45) is 1.02. The molecule has 1 unspecified atom stereocenters. The molecule has 0 spiro atoms. The summed E-state index contributed by atoms with van der Waals surface area (Å²) in [5, 5.41) is 12.2. The van der Waals surface area contributed by atoms with Crippen molar-refractivity contribution in [3.8, 4) is 0 Å². The molecule has 0 fully saturated rings. The second kappa shape index (κ2) is 8.37. The van der Waals surface area contributed by atoms with Crippen LogP contribution in [0.4, 0.5) is 0 Å². The van der Waals surface area contributed by atoms with E-state index in [-0.39, 0.29) is 24.4 Å². The first kappa shape index (κ1) is 23.1. The summed E-state index contributed by atoms with van der Waals surface area (Å²) in [7, 11) is -3.71. The zero-order valence-corrected chi connectivity index (χ0v) is 18.6. The molecule has 26 heavy (non-hydrogen) atoms. The van der Waals surface area contributed by atoms with Gasteiger partial charge in [-0.3, -0.25) is 4.79 Å². The molecule has 0 aliphatic carbocycles. The average molecular weight is 470 g/mol. The summed E-state index contributed by atoms with van der Waals surface area (Å²) < 4.78 is 28.6. The Labute approximate surface area is 166 Å². The van der Waals surface area contributed by atoms with Crippen LogP contribution in [0.15, 0.2) is 9.85 Å². The summed E-state index contributed by atoms with van der Waals surface area (Å²) in [6, 6.07) is 1.70. The van der Waals surface area contributed by atoms with Gasteiger partial charge in [0.2, 0.25) is 0 Å². The van der Waals surface area contributed by atoms with Gasteiger partial charge in [0.25, 0.3) is 0 Å². The van der Waals surface area contributed by atoms with E-state index in [1.165, 1.54) is 6.92 Å². The van der Waals surface area contributed by atoms with Crippen molar-refractivity contribution in [3.63, 3.8) is 0 Å². The molecule has 1 heterocycles. The molecule has 0 radical (unpaired) electrons. The van der Waals surface area contributed by atoms with Gasteiger partial charge in [0.15, 0.2) is 14.6 Å². The van der Waals surface area contributed by atoms with Crippen molar-refractivity contribution < 1.29 is 27.9 Å². The van der Waals surface area contributed by atoms with Gasteiger partial charge in [-0.15, -0.1) is 11.3 Å². The summed E-state index contributed by atoms with van der Waals surface area (Å²) in [4.78, 5) is 23.8. The molecule has 7 nitrogen and oxygen atoms in total. The maximum atomic E-state index is 12.4. The highest BCUT2D eigenvalue weighted by Crippen LogP contribution is 2.28. The van der Waals surface area contributed by atoms with Gasteiger partial charge in [-0.05, 0) is 68.2 Å². The minimum atomic E-state index is -3.71. The van der Waals surface area contributed by atoms with E-state index in [0.717, 1.165) is 17.6 Å². The number of carboxylic acid groups (broad SMARTS) is 1. The van der Waals surface area contributed by atoms with Gasteiger partial charge >= 0.3 is 11.9 Å². The van der Waals surface area contributed by atoms with Crippen LogP contribution in [0, 0.1) is 0 Å².